The molecule has 0 aliphatic carbocycles. The van der Waals surface area contributed by atoms with Crippen LogP contribution in [0.3, 0.4) is 0 Å². The van der Waals surface area contributed by atoms with Gasteiger partial charge in [-0.05, 0) is 36.8 Å². The average Bonchev–Trinajstić information content (AvgIpc) is 2.81. The molecule has 0 aliphatic rings. The van der Waals surface area contributed by atoms with Gasteiger partial charge in [0.15, 0.2) is 0 Å². The molecular weight excluding hydrogens is 222 g/mol. The molecule has 18 heavy (non-hydrogen) atoms. The molecule has 0 amide bonds. The van der Waals surface area contributed by atoms with Gasteiger partial charge in [0, 0.05) is 5.56 Å². The van der Waals surface area contributed by atoms with Gasteiger partial charge >= 0.3 is 0 Å². The summed E-state index contributed by atoms with van der Waals surface area (Å²) in [6, 6.07) is 15.7. The second kappa shape index (κ2) is 4.01. The van der Waals surface area contributed by atoms with Crippen molar-refractivity contribution in [3.05, 3.63) is 53.6 Å². The Bertz CT molecular complexity index is 763. The number of rotatable bonds is 1. The van der Waals surface area contributed by atoms with Gasteiger partial charge in [0.05, 0.1) is 22.7 Å². The van der Waals surface area contributed by atoms with Crippen LogP contribution >= 0.6 is 0 Å². The van der Waals surface area contributed by atoms with Gasteiger partial charge < -0.3 is 4.98 Å². The highest BCUT2D eigenvalue weighted by atomic mass is 14.9. The molecule has 0 aliphatic heterocycles. The molecule has 3 rings (SSSR count). The number of nitrogens with one attached hydrogen (secondary N) is 1. The van der Waals surface area contributed by atoms with E-state index in [-0.39, 0.29) is 0 Å². The van der Waals surface area contributed by atoms with E-state index in [0.717, 1.165) is 22.4 Å². The summed E-state index contributed by atoms with van der Waals surface area (Å²) >= 11 is 0. The number of nitriles is 1. The van der Waals surface area contributed by atoms with Crippen LogP contribution in [0.5, 0.6) is 0 Å². The van der Waals surface area contributed by atoms with Gasteiger partial charge in [0.25, 0.3) is 0 Å². The molecule has 0 fully saturated rings. The third kappa shape index (κ3) is 1.74. The second-order valence-electron chi connectivity index (χ2n) is 4.30. The number of benzene rings is 2. The van der Waals surface area contributed by atoms with E-state index >= 15 is 0 Å². The van der Waals surface area contributed by atoms with Crippen LogP contribution in [0.1, 0.15) is 11.1 Å². The lowest BCUT2D eigenvalue weighted by Crippen LogP contribution is -1.81. The molecule has 0 saturated heterocycles. The maximum Gasteiger partial charge on any atom is 0.138 e. The summed E-state index contributed by atoms with van der Waals surface area (Å²) in [5, 5.41) is 8.90. The van der Waals surface area contributed by atoms with Crippen LogP contribution in [-0.4, -0.2) is 9.97 Å². The Labute approximate surface area is 105 Å². The number of nitrogens with zero attached hydrogens (tertiary/aromatic N) is 2. The van der Waals surface area contributed by atoms with Crippen molar-refractivity contribution >= 4 is 11.0 Å². The Hall–Kier alpha value is -2.60. The number of H-pyrrole nitrogens is 1. The predicted octanol–water partition coefficient (Wildman–Crippen LogP) is 3.41. The van der Waals surface area contributed by atoms with Gasteiger partial charge in [-0.3, -0.25) is 0 Å². The molecule has 0 bridgehead atoms. The lowest BCUT2D eigenvalue weighted by Gasteiger charge is -1.96. The van der Waals surface area contributed by atoms with Crippen molar-refractivity contribution in [2.24, 2.45) is 0 Å². The molecule has 3 aromatic rings. The molecule has 3 heteroatoms. The van der Waals surface area contributed by atoms with Crippen molar-refractivity contribution in [2.45, 2.75) is 6.92 Å². The summed E-state index contributed by atoms with van der Waals surface area (Å²) in [6.45, 7) is 2.05. The Kier molecular flexibility index (Phi) is 2.35. The van der Waals surface area contributed by atoms with Gasteiger partial charge in [-0.1, -0.05) is 18.2 Å². The molecule has 2 aromatic carbocycles. The van der Waals surface area contributed by atoms with Gasteiger partial charge in [-0.15, -0.1) is 0 Å². The van der Waals surface area contributed by atoms with E-state index < -0.39 is 0 Å². The highest BCUT2D eigenvalue weighted by Crippen LogP contribution is 2.21. The Morgan fingerprint density at radius 2 is 2.06 bits per heavy atom. The van der Waals surface area contributed by atoms with E-state index in [1.54, 1.807) is 6.07 Å². The Morgan fingerprint density at radius 3 is 2.89 bits per heavy atom. The molecule has 0 radical (unpaired) electrons. The maximum absolute atomic E-state index is 8.90. The second-order valence-corrected chi connectivity index (χ2v) is 4.30. The SMILES string of the molecule is Cc1ccc2nc(-c3cccc(C#N)c3)[nH]c2c1. The van der Waals surface area contributed by atoms with Crippen LogP contribution in [0.15, 0.2) is 42.5 Å². The normalized spacial score (nSPS) is 10.4. The molecule has 3 nitrogen and oxygen atoms in total. The summed E-state index contributed by atoms with van der Waals surface area (Å²) in [7, 11) is 0. The molecule has 0 saturated carbocycles. The van der Waals surface area contributed by atoms with Crippen LogP contribution in [0.4, 0.5) is 0 Å². The molecule has 1 heterocycles. The van der Waals surface area contributed by atoms with Crippen molar-refractivity contribution in [3.8, 4) is 17.5 Å². The van der Waals surface area contributed by atoms with Crippen molar-refractivity contribution in [2.75, 3.05) is 0 Å². The number of hydrogen-bond acceptors (Lipinski definition) is 2. The van der Waals surface area contributed by atoms with Gasteiger partial charge in [-0.25, -0.2) is 4.98 Å². The minimum Gasteiger partial charge on any atom is -0.338 e. The number of aromatic nitrogens is 2. The minimum absolute atomic E-state index is 0.643. The molecule has 1 N–H and O–H groups in total. The molecule has 0 spiro atoms. The fraction of sp³-hybridized carbons (Fsp3) is 0.0667. The summed E-state index contributed by atoms with van der Waals surface area (Å²) in [4.78, 5) is 7.82. The number of aromatic amines is 1. The molecule has 0 unspecified atom stereocenters. The topological polar surface area (TPSA) is 52.5 Å². The highest BCUT2D eigenvalue weighted by Gasteiger charge is 2.05. The largest absolute Gasteiger partial charge is 0.338 e. The predicted molar refractivity (Wildman–Crippen MR) is 71.0 cm³/mol. The summed E-state index contributed by atoms with van der Waals surface area (Å²) in [6.07, 6.45) is 0. The van der Waals surface area contributed by atoms with Crippen molar-refractivity contribution < 1.29 is 0 Å². The van der Waals surface area contributed by atoms with Gasteiger partial charge in [-0.2, -0.15) is 5.26 Å². The smallest absolute Gasteiger partial charge is 0.138 e. The molecule has 1 aromatic heterocycles. The summed E-state index contributed by atoms with van der Waals surface area (Å²) < 4.78 is 0. The third-order valence-corrected chi connectivity index (χ3v) is 2.90. The van der Waals surface area contributed by atoms with Gasteiger partial charge in [0.1, 0.15) is 5.82 Å². The molecule has 0 atom stereocenters. The van der Waals surface area contributed by atoms with Crippen LogP contribution in [-0.2, 0) is 0 Å². The van der Waals surface area contributed by atoms with E-state index in [1.807, 2.05) is 30.3 Å². The lowest BCUT2D eigenvalue weighted by molar-refractivity contribution is 1.33. The van der Waals surface area contributed by atoms with E-state index in [9.17, 15) is 0 Å². The third-order valence-electron chi connectivity index (χ3n) is 2.90. The fourth-order valence-electron chi connectivity index (χ4n) is 2.00. The number of fused-ring (bicyclic) bond motifs is 1. The van der Waals surface area contributed by atoms with Crippen molar-refractivity contribution in [1.29, 1.82) is 5.26 Å². The number of aryl methyl sites for hydroxylation is 1. The first kappa shape index (κ1) is 10.5. The van der Waals surface area contributed by atoms with E-state index in [4.69, 9.17) is 5.26 Å². The van der Waals surface area contributed by atoms with Crippen LogP contribution < -0.4 is 0 Å². The first-order valence-corrected chi connectivity index (χ1v) is 5.73. The van der Waals surface area contributed by atoms with Crippen molar-refractivity contribution in [3.63, 3.8) is 0 Å². The van der Waals surface area contributed by atoms with Crippen LogP contribution in [0.25, 0.3) is 22.4 Å². The number of imidazole rings is 1. The summed E-state index contributed by atoms with van der Waals surface area (Å²) in [5.74, 6) is 0.799. The fourth-order valence-corrected chi connectivity index (χ4v) is 2.00. The van der Waals surface area contributed by atoms with E-state index in [1.165, 1.54) is 5.56 Å². The van der Waals surface area contributed by atoms with Crippen molar-refractivity contribution in [1.82, 2.24) is 9.97 Å². The first-order chi connectivity index (χ1) is 8.76. The Balaban J connectivity index is 2.16. The monoisotopic (exact) mass is 233 g/mol. The zero-order valence-corrected chi connectivity index (χ0v) is 9.94. The lowest BCUT2D eigenvalue weighted by atomic mass is 10.1. The zero-order valence-electron chi connectivity index (χ0n) is 9.94. The number of hydrogen-bond donors (Lipinski definition) is 1. The quantitative estimate of drug-likeness (QED) is 0.700. The zero-order chi connectivity index (χ0) is 12.5. The standard InChI is InChI=1S/C15H11N3/c1-10-5-6-13-14(7-10)18-15(17-13)12-4-2-3-11(8-12)9-16/h2-8H,1H3,(H,17,18). The summed E-state index contributed by atoms with van der Waals surface area (Å²) in [5.41, 5.74) is 4.74. The van der Waals surface area contributed by atoms with Gasteiger partial charge in [0.2, 0.25) is 0 Å². The van der Waals surface area contributed by atoms with Crippen LogP contribution in [0.2, 0.25) is 0 Å². The average molecular weight is 233 g/mol. The first-order valence-electron chi connectivity index (χ1n) is 5.73. The van der Waals surface area contributed by atoms with E-state index in [0.29, 0.717) is 5.56 Å². The molecule has 86 valence electrons. The van der Waals surface area contributed by atoms with E-state index in [2.05, 4.69) is 29.0 Å². The minimum atomic E-state index is 0.643. The van der Waals surface area contributed by atoms with Crippen LogP contribution in [0, 0.1) is 18.3 Å². The molecular formula is C15H11N3. The highest BCUT2D eigenvalue weighted by molar-refractivity contribution is 5.80. The Morgan fingerprint density at radius 1 is 1.17 bits per heavy atom. The maximum atomic E-state index is 8.90.